The first-order valence-electron chi connectivity index (χ1n) is 6.45. The van der Waals surface area contributed by atoms with E-state index in [1.807, 2.05) is 0 Å². The molecule has 0 radical (unpaired) electrons. The number of benzene rings is 1. The molecule has 0 bridgehead atoms. The Morgan fingerprint density at radius 3 is 2.68 bits per heavy atom. The molecule has 100 valence electrons. The summed E-state index contributed by atoms with van der Waals surface area (Å²) >= 11 is 7.80. The van der Waals surface area contributed by atoms with Crippen LogP contribution in [0.5, 0.6) is 0 Å². The quantitative estimate of drug-likeness (QED) is 0.891. The van der Waals surface area contributed by atoms with Crippen LogP contribution in [-0.4, -0.2) is 14.1 Å². The highest BCUT2D eigenvalue weighted by molar-refractivity contribution is 7.16. The molecule has 1 aromatic carbocycles. The van der Waals surface area contributed by atoms with Gasteiger partial charge in [0, 0.05) is 30.3 Å². The van der Waals surface area contributed by atoms with E-state index in [2.05, 4.69) is 54.6 Å². The minimum Gasteiger partial charge on any atom is -0.378 e. The third-order valence-electron chi connectivity index (χ3n) is 3.57. The van der Waals surface area contributed by atoms with Gasteiger partial charge in [0.05, 0.1) is 10.4 Å². The third-order valence-corrected chi connectivity index (χ3v) is 4.91. The van der Waals surface area contributed by atoms with Gasteiger partial charge in [-0.15, -0.1) is 11.3 Å². The van der Waals surface area contributed by atoms with E-state index in [1.165, 1.54) is 21.8 Å². The van der Waals surface area contributed by atoms with Gasteiger partial charge in [-0.05, 0) is 48.7 Å². The molecule has 4 heteroatoms. The van der Waals surface area contributed by atoms with Crippen molar-refractivity contribution in [3.05, 3.63) is 45.1 Å². The maximum absolute atomic E-state index is 6.09. The van der Waals surface area contributed by atoms with Gasteiger partial charge in [0.1, 0.15) is 0 Å². The van der Waals surface area contributed by atoms with Crippen LogP contribution in [0.1, 0.15) is 22.9 Å². The van der Waals surface area contributed by atoms with Crippen LogP contribution in [0.4, 0.5) is 11.4 Å². The summed E-state index contributed by atoms with van der Waals surface area (Å²) in [4.78, 5) is 3.54. The zero-order chi connectivity index (χ0) is 13.4. The van der Waals surface area contributed by atoms with Crippen molar-refractivity contribution in [3.63, 3.8) is 0 Å². The van der Waals surface area contributed by atoms with Gasteiger partial charge in [0.2, 0.25) is 0 Å². The summed E-state index contributed by atoms with van der Waals surface area (Å²) in [6.45, 7) is 0. The number of rotatable bonds is 3. The van der Waals surface area contributed by atoms with Crippen molar-refractivity contribution in [2.75, 3.05) is 24.3 Å². The second-order valence-electron chi connectivity index (χ2n) is 5.11. The number of halogens is 1. The first-order valence-corrected chi connectivity index (χ1v) is 7.65. The molecule has 0 fully saturated rings. The van der Waals surface area contributed by atoms with Gasteiger partial charge in [-0.1, -0.05) is 11.6 Å². The Bertz CT molecular complexity index is 574. The van der Waals surface area contributed by atoms with Crippen molar-refractivity contribution in [1.82, 2.24) is 0 Å². The van der Waals surface area contributed by atoms with E-state index in [0.29, 0.717) is 6.04 Å². The van der Waals surface area contributed by atoms with Crippen molar-refractivity contribution < 1.29 is 0 Å². The van der Waals surface area contributed by atoms with Gasteiger partial charge in [0.15, 0.2) is 0 Å². The predicted molar refractivity (Wildman–Crippen MR) is 84.8 cm³/mol. The SMILES string of the molecule is CN(C)c1ccc(NC2CCc3sc(Cl)cc32)cc1. The third kappa shape index (κ3) is 2.58. The van der Waals surface area contributed by atoms with Crippen LogP contribution in [0, 0.1) is 0 Å². The molecule has 19 heavy (non-hydrogen) atoms. The Kier molecular flexibility index (Phi) is 3.42. The van der Waals surface area contributed by atoms with Crippen molar-refractivity contribution in [3.8, 4) is 0 Å². The Hall–Kier alpha value is -1.19. The van der Waals surface area contributed by atoms with Gasteiger partial charge in [-0.3, -0.25) is 0 Å². The highest BCUT2D eigenvalue weighted by atomic mass is 35.5. The van der Waals surface area contributed by atoms with Crippen LogP contribution in [0.25, 0.3) is 0 Å². The molecular weight excluding hydrogens is 276 g/mol. The van der Waals surface area contributed by atoms with E-state index in [9.17, 15) is 0 Å². The Labute approximate surface area is 123 Å². The molecule has 3 rings (SSSR count). The van der Waals surface area contributed by atoms with Crippen LogP contribution in [0.3, 0.4) is 0 Å². The minimum atomic E-state index is 0.406. The fourth-order valence-corrected chi connectivity index (χ4v) is 3.89. The maximum atomic E-state index is 6.09. The van der Waals surface area contributed by atoms with E-state index in [1.54, 1.807) is 11.3 Å². The lowest BCUT2D eigenvalue weighted by Crippen LogP contribution is -2.09. The largest absolute Gasteiger partial charge is 0.378 e. The number of aryl methyl sites for hydroxylation is 1. The average Bonchev–Trinajstić information content (AvgIpc) is 2.91. The van der Waals surface area contributed by atoms with Gasteiger partial charge in [-0.2, -0.15) is 0 Å². The van der Waals surface area contributed by atoms with E-state index in [-0.39, 0.29) is 0 Å². The monoisotopic (exact) mass is 292 g/mol. The second kappa shape index (κ2) is 5.06. The number of hydrogen-bond donors (Lipinski definition) is 1. The van der Waals surface area contributed by atoms with Gasteiger partial charge >= 0.3 is 0 Å². The molecule has 1 aromatic heterocycles. The van der Waals surface area contributed by atoms with Crippen molar-refractivity contribution in [1.29, 1.82) is 0 Å². The molecule has 2 nitrogen and oxygen atoms in total. The number of thiophene rings is 1. The molecule has 0 spiro atoms. The molecule has 1 atom stereocenters. The van der Waals surface area contributed by atoms with E-state index >= 15 is 0 Å². The van der Waals surface area contributed by atoms with E-state index in [0.717, 1.165) is 17.2 Å². The summed E-state index contributed by atoms with van der Waals surface area (Å²) in [5.41, 5.74) is 3.77. The summed E-state index contributed by atoms with van der Waals surface area (Å²) in [5, 5.41) is 3.61. The number of nitrogens with one attached hydrogen (secondary N) is 1. The summed E-state index contributed by atoms with van der Waals surface area (Å²) in [5.74, 6) is 0. The molecule has 1 aliphatic carbocycles. The normalized spacial score (nSPS) is 17.3. The highest BCUT2D eigenvalue weighted by Gasteiger charge is 2.24. The van der Waals surface area contributed by atoms with Crippen molar-refractivity contribution in [2.45, 2.75) is 18.9 Å². The standard InChI is InChI=1S/C15H17ClN2S/c1-18(2)11-5-3-10(4-6-11)17-13-7-8-14-12(13)9-15(16)19-14/h3-6,9,13,17H,7-8H2,1-2H3. The highest BCUT2D eigenvalue weighted by Crippen LogP contribution is 2.40. The molecule has 1 unspecified atom stereocenters. The van der Waals surface area contributed by atoms with E-state index < -0.39 is 0 Å². The van der Waals surface area contributed by atoms with Crippen LogP contribution in [-0.2, 0) is 6.42 Å². The molecule has 1 heterocycles. The molecule has 0 amide bonds. The smallest absolute Gasteiger partial charge is 0.0934 e. The summed E-state index contributed by atoms with van der Waals surface area (Å²) in [6.07, 6.45) is 2.30. The second-order valence-corrected chi connectivity index (χ2v) is 6.87. The Morgan fingerprint density at radius 1 is 1.26 bits per heavy atom. The lowest BCUT2D eigenvalue weighted by Gasteiger charge is -2.17. The summed E-state index contributed by atoms with van der Waals surface area (Å²) < 4.78 is 0.902. The lowest BCUT2D eigenvalue weighted by atomic mass is 10.1. The molecule has 0 saturated heterocycles. The Balaban J connectivity index is 1.75. The zero-order valence-corrected chi connectivity index (χ0v) is 12.7. The number of fused-ring (bicyclic) bond motifs is 1. The molecule has 2 aromatic rings. The minimum absolute atomic E-state index is 0.406. The number of hydrogen-bond acceptors (Lipinski definition) is 3. The van der Waals surface area contributed by atoms with Crippen molar-refractivity contribution >= 4 is 34.3 Å². The first-order chi connectivity index (χ1) is 9.13. The van der Waals surface area contributed by atoms with Gasteiger partial charge in [0.25, 0.3) is 0 Å². The fraction of sp³-hybridized carbons (Fsp3) is 0.333. The molecule has 1 aliphatic rings. The predicted octanol–water partition coefficient (Wildman–Crippen LogP) is 4.57. The summed E-state index contributed by atoms with van der Waals surface area (Å²) in [7, 11) is 4.11. The fourth-order valence-electron chi connectivity index (χ4n) is 2.54. The topological polar surface area (TPSA) is 15.3 Å². The Morgan fingerprint density at radius 2 is 2.00 bits per heavy atom. The lowest BCUT2D eigenvalue weighted by molar-refractivity contribution is 0.762. The van der Waals surface area contributed by atoms with E-state index in [4.69, 9.17) is 11.6 Å². The van der Waals surface area contributed by atoms with Crippen LogP contribution >= 0.6 is 22.9 Å². The molecule has 0 saturated carbocycles. The van der Waals surface area contributed by atoms with Gasteiger partial charge < -0.3 is 10.2 Å². The maximum Gasteiger partial charge on any atom is 0.0934 e. The molecule has 1 N–H and O–H groups in total. The van der Waals surface area contributed by atoms with Crippen LogP contribution in [0.2, 0.25) is 4.34 Å². The number of nitrogens with zero attached hydrogens (tertiary/aromatic N) is 1. The molecule has 0 aliphatic heterocycles. The first kappa shape index (κ1) is 12.8. The van der Waals surface area contributed by atoms with Crippen LogP contribution < -0.4 is 10.2 Å². The average molecular weight is 293 g/mol. The zero-order valence-electron chi connectivity index (χ0n) is 11.1. The van der Waals surface area contributed by atoms with Gasteiger partial charge in [-0.25, -0.2) is 0 Å². The van der Waals surface area contributed by atoms with Crippen LogP contribution in [0.15, 0.2) is 30.3 Å². The summed E-state index contributed by atoms with van der Waals surface area (Å²) in [6, 6.07) is 11.1. The van der Waals surface area contributed by atoms with Crippen molar-refractivity contribution in [2.24, 2.45) is 0 Å². The molecular formula is C15H17ClN2S. The number of anilines is 2.